The summed E-state index contributed by atoms with van der Waals surface area (Å²) in [7, 11) is -1.83. The maximum atomic E-state index is 13.3. The van der Waals surface area contributed by atoms with Crippen molar-refractivity contribution in [2.45, 2.75) is 17.7 Å². The first-order chi connectivity index (χ1) is 9.43. The second-order valence-corrected chi connectivity index (χ2v) is 7.41. The Morgan fingerprint density at radius 3 is 2.85 bits per heavy atom. The summed E-state index contributed by atoms with van der Waals surface area (Å²) in [5, 5.41) is 3.15. The van der Waals surface area contributed by atoms with Crippen molar-refractivity contribution in [3.05, 3.63) is 29.0 Å². The van der Waals surface area contributed by atoms with Crippen LogP contribution < -0.4 is 5.32 Å². The first-order valence-electron chi connectivity index (χ1n) is 6.54. The van der Waals surface area contributed by atoms with E-state index in [2.05, 4.69) is 5.32 Å². The fourth-order valence-corrected chi connectivity index (χ4v) is 4.43. The van der Waals surface area contributed by atoms with Crippen LogP contribution in [0.5, 0.6) is 0 Å². The third kappa shape index (κ3) is 3.49. The smallest absolute Gasteiger partial charge is 0.243 e. The molecular formula is C13H18ClFN2O2S. The van der Waals surface area contributed by atoms with Gasteiger partial charge in [0.15, 0.2) is 0 Å². The number of rotatable bonds is 4. The summed E-state index contributed by atoms with van der Waals surface area (Å²) in [4.78, 5) is -0.0763. The largest absolute Gasteiger partial charge is 0.319 e. The molecule has 1 unspecified atom stereocenters. The highest BCUT2D eigenvalue weighted by Crippen LogP contribution is 2.25. The molecule has 0 saturated carbocycles. The second kappa shape index (κ2) is 6.39. The predicted molar refractivity (Wildman–Crippen MR) is 76.8 cm³/mol. The molecule has 1 atom stereocenters. The number of piperidine rings is 1. The van der Waals surface area contributed by atoms with E-state index in [1.807, 2.05) is 7.05 Å². The van der Waals surface area contributed by atoms with Crippen LogP contribution >= 0.6 is 11.6 Å². The van der Waals surface area contributed by atoms with Crippen LogP contribution in [0.3, 0.4) is 0 Å². The average Bonchev–Trinajstić information content (AvgIpc) is 2.38. The molecule has 0 amide bonds. The van der Waals surface area contributed by atoms with E-state index in [0.717, 1.165) is 31.5 Å². The van der Waals surface area contributed by atoms with Crippen LogP contribution in [0.25, 0.3) is 0 Å². The molecule has 0 spiro atoms. The van der Waals surface area contributed by atoms with Crippen LogP contribution in [-0.4, -0.2) is 39.4 Å². The van der Waals surface area contributed by atoms with Crippen LogP contribution in [0.1, 0.15) is 12.8 Å². The molecule has 112 valence electrons. The number of hydrogen-bond donors (Lipinski definition) is 1. The zero-order valence-corrected chi connectivity index (χ0v) is 12.8. The lowest BCUT2D eigenvalue weighted by molar-refractivity contribution is 0.263. The Morgan fingerprint density at radius 1 is 1.45 bits per heavy atom. The number of benzene rings is 1. The van der Waals surface area contributed by atoms with E-state index in [1.165, 1.54) is 10.4 Å². The molecule has 1 aromatic rings. The Morgan fingerprint density at radius 2 is 2.20 bits per heavy atom. The summed E-state index contributed by atoms with van der Waals surface area (Å²) in [6.45, 7) is 1.70. The lowest BCUT2D eigenvalue weighted by Crippen LogP contribution is -2.42. The van der Waals surface area contributed by atoms with E-state index >= 15 is 0 Å². The third-order valence-corrected chi connectivity index (χ3v) is 5.51. The van der Waals surface area contributed by atoms with E-state index in [4.69, 9.17) is 11.6 Å². The molecule has 1 aromatic carbocycles. The molecule has 1 fully saturated rings. The van der Waals surface area contributed by atoms with Gasteiger partial charge in [-0.2, -0.15) is 4.31 Å². The zero-order valence-electron chi connectivity index (χ0n) is 11.3. The molecule has 1 N–H and O–H groups in total. The lowest BCUT2D eigenvalue weighted by atomic mass is 10.00. The van der Waals surface area contributed by atoms with Crippen molar-refractivity contribution in [3.63, 3.8) is 0 Å². The molecule has 1 saturated heterocycles. The lowest BCUT2D eigenvalue weighted by Gasteiger charge is -2.31. The van der Waals surface area contributed by atoms with Gasteiger partial charge in [0.05, 0.1) is 4.90 Å². The molecule has 0 aliphatic carbocycles. The minimum atomic E-state index is -3.68. The quantitative estimate of drug-likeness (QED) is 0.924. The van der Waals surface area contributed by atoms with Gasteiger partial charge in [-0.3, -0.25) is 0 Å². The topological polar surface area (TPSA) is 49.4 Å². The minimum Gasteiger partial charge on any atom is -0.319 e. The molecule has 1 aliphatic rings. The Labute approximate surface area is 124 Å². The number of sulfonamides is 1. The van der Waals surface area contributed by atoms with Crippen LogP contribution in [0, 0.1) is 11.7 Å². The normalized spacial score (nSPS) is 21.1. The summed E-state index contributed by atoms with van der Waals surface area (Å²) >= 11 is 5.74. The summed E-state index contributed by atoms with van der Waals surface area (Å²) in [5.74, 6) is -0.354. The van der Waals surface area contributed by atoms with E-state index in [-0.39, 0.29) is 15.8 Å². The Kier molecular flexibility index (Phi) is 5.01. The highest BCUT2D eigenvalue weighted by Gasteiger charge is 2.30. The SMILES string of the molecule is CNCC1CCCN(S(=O)(=O)c2cc(F)cc(Cl)c2)C1. The van der Waals surface area contributed by atoms with Crippen LogP contribution in [0.2, 0.25) is 5.02 Å². The monoisotopic (exact) mass is 320 g/mol. The third-order valence-electron chi connectivity index (χ3n) is 3.45. The molecular weight excluding hydrogens is 303 g/mol. The molecule has 0 aromatic heterocycles. The van der Waals surface area contributed by atoms with Crippen LogP contribution in [0.15, 0.2) is 23.1 Å². The van der Waals surface area contributed by atoms with Gasteiger partial charge in [-0.05, 0) is 50.6 Å². The van der Waals surface area contributed by atoms with Crippen molar-refractivity contribution in [2.24, 2.45) is 5.92 Å². The first kappa shape index (κ1) is 15.7. The molecule has 0 radical (unpaired) electrons. The van der Waals surface area contributed by atoms with E-state index in [9.17, 15) is 12.8 Å². The summed E-state index contributed by atoms with van der Waals surface area (Å²) < 4.78 is 39.8. The summed E-state index contributed by atoms with van der Waals surface area (Å²) in [6.07, 6.45) is 1.81. The van der Waals surface area contributed by atoms with E-state index in [0.29, 0.717) is 13.1 Å². The van der Waals surface area contributed by atoms with Gasteiger partial charge in [0.1, 0.15) is 5.82 Å². The molecule has 20 heavy (non-hydrogen) atoms. The van der Waals surface area contributed by atoms with Gasteiger partial charge in [0.25, 0.3) is 0 Å². The van der Waals surface area contributed by atoms with Crippen molar-refractivity contribution < 1.29 is 12.8 Å². The molecule has 2 rings (SSSR count). The van der Waals surface area contributed by atoms with Gasteiger partial charge >= 0.3 is 0 Å². The highest BCUT2D eigenvalue weighted by atomic mass is 35.5. The van der Waals surface area contributed by atoms with Crippen LogP contribution in [0.4, 0.5) is 4.39 Å². The molecule has 4 nitrogen and oxygen atoms in total. The van der Waals surface area contributed by atoms with E-state index in [1.54, 1.807) is 0 Å². The standard InChI is InChI=1S/C13H18ClFN2O2S/c1-16-8-10-3-2-4-17(9-10)20(18,19)13-6-11(14)5-12(15)7-13/h5-7,10,16H,2-4,8-9H2,1H3. The van der Waals surface area contributed by atoms with Crippen molar-refractivity contribution in [1.82, 2.24) is 9.62 Å². The number of nitrogens with zero attached hydrogens (tertiary/aromatic N) is 1. The van der Waals surface area contributed by atoms with Gasteiger partial charge in [-0.1, -0.05) is 11.6 Å². The fraction of sp³-hybridized carbons (Fsp3) is 0.538. The highest BCUT2D eigenvalue weighted by molar-refractivity contribution is 7.89. The molecule has 1 heterocycles. The Balaban J connectivity index is 2.25. The fourth-order valence-electron chi connectivity index (χ4n) is 2.53. The first-order valence-corrected chi connectivity index (χ1v) is 8.36. The van der Waals surface area contributed by atoms with Crippen molar-refractivity contribution in [3.8, 4) is 0 Å². The van der Waals surface area contributed by atoms with E-state index < -0.39 is 15.8 Å². The average molecular weight is 321 g/mol. The zero-order chi connectivity index (χ0) is 14.8. The van der Waals surface area contributed by atoms with Crippen molar-refractivity contribution in [2.75, 3.05) is 26.7 Å². The van der Waals surface area contributed by atoms with Gasteiger partial charge < -0.3 is 5.32 Å². The van der Waals surface area contributed by atoms with Crippen LogP contribution in [-0.2, 0) is 10.0 Å². The number of halogens is 2. The Hall–Kier alpha value is -0.690. The van der Waals surface area contributed by atoms with Crippen molar-refractivity contribution in [1.29, 1.82) is 0 Å². The summed E-state index contributed by atoms with van der Waals surface area (Å²) in [5.41, 5.74) is 0. The molecule has 7 heteroatoms. The number of nitrogens with one attached hydrogen (secondary N) is 1. The Bertz CT molecular complexity index is 557. The summed E-state index contributed by atoms with van der Waals surface area (Å²) in [6, 6.07) is 3.41. The minimum absolute atomic E-state index is 0.0763. The van der Waals surface area contributed by atoms with Gasteiger partial charge in [0.2, 0.25) is 10.0 Å². The maximum absolute atomic E-state index is 13.3. The molecule has 0 bridgehead atoms. The van der Waals surface area contributed by atoms with Gasteiger partial charge in [0, 0.05) is 18.1 Å². The second-order valence-electron chi connectivity index (χ2n) is 5.03. The molecule has 1 aliphatic heterocycles. The maximum Gasteiger partial charge on any atom is 0.243 e. The predicted octanol–water partition coefficient (Wildman–Crippen LogP) is 2.10. The van der Waals surface area contributed by atoms with Crippen molar-refractivity contribution >= 4 is 21.6 Å². The number of hydrogen-bond acceptors (Lipinski definition) is 3. The van der Waals surface area contributed by atoms with Gasteiger partial charge in [-0.25, -0.2) is 12.8 Å². The van der Waals surface area contributed by atoms with Gasteiger partial charge in [-0.15, -0.1) is 0 Å².